The summed E-state index contributed by atoms with van der Waals surface area (Å²) in [4.78, 5) is 0. The molecule has 2 N–H and O–H groups in total. The normalized spacial score (nSPS) is 13.2. The fraction of sp³-hybridized carbons (Fsp3) is 0.750. The number of nitrogens with zero attached hydrogens (tertiary/aromatic N) is 3. The molecule has 0 aliphatic carbocycles. The highest BCUT2D eigenvalue weighted by Crippen LogP contribution is 2.14. The summed E-state index contributed by atoms with van der Waals surface area (Å²) in [5.41, 5.74) is 6.96. The second kappa shape index (κ2) is 5.24. The van der Waals surface area contributed by atoms with Crippen molar-refractivity contribution >= 4 is 11.8 Å². The van der Waals surface area contributed by atoms with Gasteiger partial charge in [-0.1, -0.05) is 12.1 Å². The molecule has 1 aromatic heterocycles. The largest absolute Gasteiger partial charge is 0.322 e. The van der Waals surface area contributed by atoms with Gasteiger partial charge in [-0.3, -0.25) is 4.68 Å². The van der Waals surface area contributed by atoms with Gasteiger partial charge in [0, 0.05) is 12.8 Å². The Labute approximate surface area is 82.9 Å². The summed E-state index contributed by atoms with van der Waals surface area (Å²) in [6.45, 7) is 2.17. The summed E-state index contributed by atoms with van der Waals surface area (Å²) >= 11 is 1.87. The number of aromatic nitrogens is 3. The highest BCUT2D eigenvalue weighted by Gasteiger charge is 2.09. The summed E-state index contributed by atoms with van der Waals surface area (Å²) in [7, 11) is 1.87. The molecule has 0 fully saturated rings. The van der Waals surface area contributed by atoms with Crippen molar-refractivity contribution in [3.63, 3.8) is 0 Å². The van der Waals surface area contributed by atoms with Gasteiger partial charge in [0.05, 0.1) is 17.9 Å². The summed E-state index contributed by atoms with van der Waals surface area (Å²) < 4.78 is 1.73. The molecule has 1 atom stereocenters. The fourth-order valence-corrected chi connectivity index (χ4v) is 1.95. The van der Waals surface area contributed by atoms with E-state index in [0.29, 0.717) is 0 Å². The first-order chi connectivity index (χ1) is 6.25. The van der Waals surface area contributed by atoms with Crippen LogP contribution < -0.4 is 5.73 Å². The lowest BCUT2D eigenvalue weighted by molar-refractivity contribution is 0.640. The predicted molar refractivity (Wildman–Crippen MR) is 55.5 cm³/mol. The van der Waals surface area contributed by atoms with Gasteiger partial charge in [-0.2, -0.15) is 11.8 Å². The van der Waals surface area contributed by atoms with E-state index in [2.05, 4.69) is 17.2 Å². The molecule has 1 heterocycles. The number of rotatable bonds is 5. The highest BCUT2D eigenvalue weighted by molar-refractivity contribution is 7.99. The first-order valence-corrected chi connectivity index (χ1v) is 5.59. The molecule has 1 unspecified atom stereocenters. The van der Waals surface area contributed by atoms with Crippen LogP contribution in [0.15, 0.2) is 6.20 Å². The molecular weight excluding hydrogens is 184 g/mol. The third kappa shape index (κ3) is 3.00. The van der Waals surface area contributed by atoms with E-state index in [1.807, 2.05) is 18.8 Å². The second-order valence-electron chi connectivity index (χ2n) is 2.96. The van der Waals surface area contributed by atoms with Gasteiger partial charge in [0.1, 0.15) is 0 Å². The van der Waals surface area contributed by atoms with Crippen LogP contribution >= 0.6 is 11.8 Å². The van der Waals surface area contributed by atoms with E-state index in [1.165, 1.54) is 12.2 Å². The SMILES string of the molecule is CCCSCC(N)c1cnnn1C. The Morgan fingerprint density at radius 2 is 2.46 bits per heavy atom. The summed E-state index contributed by atoms with van der Waals surface area (Å²) in [5.74, 6) is 2.11. The molecule has 0 aliphatic heterocycles. The minimum atomic E-state index is 0.0524. The van der Waals surface area contributed by atoms with Gasteiger partial charge < -0.3 is 5.73 Å². The number of thioether (sulfide) groups is 1. The molecule has 5 heteroatoms. The van der Waals surface area contributed by atoms with Crippen molar-refractivity contribution in [1.82, 2.24) is 15.0 Å². The molecule has 0 spiro atoms. The third-order valence-corrected chi connectivity index (χ3v) is 3.07. The Hall–Kier alpha value is -0.550. The molecule has 0 aliphatic rings. The van der Waals surface area contributed by atoms with Crippen LogP contribution in [0, 0.1) is 0 Å². The van der Waals surface area contributed by atoms with Gasteiger partial charge in [-0.25, -0.2) is 0 Å². The zero-order chi connectivity index (χ0) is 9.68. The van der Waals surface area contributed by atoms with Crippen molar-refractivity contribution in [3.8, 4) is 0 Å². The molecule has 0 saturated carbocycles. The van der Waals surface area contributed by atoms with Crippen LogP contribution in [0.25, 0.3) is 0 Å². The first kappa shape index (κ1) is 10.5. The smallest absolute Gasteiger partial charge is 0.0759 e. The molecule has 0 aromatic carbocycles. The van der Waals surface area contributed by atoms with Crippen LogP contribution in [0.3, 0.4) is 0 Å². The quantitative estimate of drug-likeness (QED) is 0.719. The average molecular weight is 200 g/mol. The van der Waals surface area contributed by atoms with Crippen LogP contribution in [-0.4, -0.2) is 26.5 Å². The molecule has 74 valence electrons. The van der Waals surface area contributed by atoms with E-state index >= 15 is 0 Å². The topological polar surface area (TPSA) is 56.7 Å². The number of nitrogens with two attached hydrogens (primary N) is 1. The molecule has 0 bridgehead atoms. The van der Waals surface area contributed by atoms with Crippen LogP contribution in [0.1, 0.15) is 25.1 Å². The number of hydrogen-bond acceptors (Lipinski definition) is 4. The lowest BCUT2D eigenvalue weighted by Gasteiger charge is -2.09. The van der Waals surface area contributed by atoms with Crippen molar-refractivity contribution in [3.05, 3.63) is 11.9 Å². The van der Waals surface area contributed by atoms with Crippen molar-refractivity contribution in [1.29, 1.82) is 0 Å². The molecule has 0 saturated heterocycles. The molecular formula is C8H16N4S. The van der Waals surface area contributed by atoms with Crippen LogP contribution in [0.5, 0.6) is 0 Å². The summed E-state index contributed by atoms with van der Waals surface area (Å²) in [6, 6.07) is 0.0524. The highest BCUT2D eigenvalue weighted by atomic mass is 32.2. The van der Waals surface area contributed by atoms with Crippen molar-refractivity contribution in [2.75, 3.05) is 11.5 Å². The van der Waals surface area contributed by atoms with E-state index in [4.69, 9.17) is 5.73 Å². The van der Waals surface area contributed by atoms with E-state index in [-0.39, 0.29) is 6.04 Å². The van der Waals surface area contributed by atoms with Gasteiger partial charge in [-0.15, -0.1) is 5.10 Å². The first-order valence-electron chi connectivity index (χ1n) is 4.43. The molecule has 4 nitrogen and oxygen atoms in total. The maximum absolute atomic E-state index is 5.96. The van der Waals surface area contributed by atoms with E-state index in [9.17, 15) is 0 Å². The van der Waals surface area contributed by atoms with E-state index < -0.39 is 0 Å². The Balaban J connectivity index is 2.39. The Morgan fingerprint density at radius 3 is 3.00 bits per heavy atom. The van der Waals surface area contributed by atoms with Crippen LogP contribution in [-0.2, 0) is 7.05 Å². The van der Waals surface area contributed by atoms with Gasteiger partial charge in [-0.05, 0) is 12.2 Å². The van der Waals surface area contributed by atoms with Gasteiger partial charge in [0.25, 0.3) is 0 Å². The number of aryl methyl sites for hydroxylation is 1. The van der Waals surface area contributed by atoms with Gasteiger partial charge in [0.15, 0.2) is 0 Å². The van der Waals surface area contributed by atoms with Crippen molar-refractivity contribution < 1.29 is 0 Å². The lowest BCUT2D eigenvalue weighted by Crippen LogP contribution is -2.17. The Morgan fingerprint density at radius 1 is 1.69 bits per heavy atom. The maximum Gasteiger partial charge on any atom is 0.0759 e. The molecule has 1 aromatic rings. The summed E-state index contributed by atoms with van der Waals surface area (Å²) in [5, 5.41) is 7.64. The van der Waals surface area contributed by atoms with E-state index in [0.717, 1.165) is 11.4 Å². The average Bonchev–Trinajstić information content (AvgIpc) is 2.52. The summed E-state index contributed by atoms with van der Waals surface area (Å²) in [6.07, 6.45) is 2.93. The zero-order valence-electron chi connectivity index (χ0n) is 8.10. The molecule has 13 heavy (non-hydrogen) atoms. The van der Waals surface area contributed by atoms with Crippen molar-refractivity contribution in [2.24, 2.45) is 12.8 Å². The second-order valence-corrected chi connectivity index (χ2v) is 4.11. The third-order valence-electron chi connectivity index (χ3n) is 1.78. The Bertz CT molecular complexity index is 248. The van der Waals surface area contributed by atoms with Crippen molar-refractivity contribution in [2.45, 2.75) is 19.4 Å². The van der Waals surface area contributed by atoms with Crippen LogP contribution in [0.2, 0.25) is 0 Å². The monoisotopic (exact) mass is 200 g/mol. The maximum atomic E-state index is 5.96. The lowest BCUT2D eigenvalue weighted by atomic mass is 10.3. The predicted octanol–water partition coefficient (Wildman–Crippen LogP) is 0.958. The van der Waals surface area contributed by atoms with Crippen LogP contribution in [0.4, 0.5) is 0 Å². The zero-order valence-corrected chi connectivity index (χ0v) is 8.92. The fourth-order valence-electron chi connectivity index (χ4n) is 1.07. The van der Waals surface area contributed by atoms with E-state index in [1.54, 1.807) is 10.9 Å². The Kier molecular flexibility index (Phi) is 4.24. The minimum absolute atomic E-state index is 0.0524. The standard InChI is InChI=1S/C8H16N4S/c1-3-4-13-6-7(9)8-5-10-11-12(8)2/h5,7H,3-4,6,9H2,1-2H3. The molecule has 1 rings (SSSR count). The van der Waals surface area contributed by atoms with Gasteiger partial charge >= 0.3 is 0 Å². The molecule has 0 amide bonds. The number of hydrogen-bond donors (Lipinski definition) is 1. The minimum Gasteiger partial charge on any atom is -0.322 e. The molecule has 0 radical (unpaired) electrons. The van der Waals surface area contributed by atoms with Gasteiger partial charge in [0.2, 0.25) is 0 Å².